The van der Waals surface area contributed by atoms with Crippen molar-refractivity contribution in [3.05, 3.63) is 143 Å². The van der Waals surface area contributed by atoms with E-state index in [0.29, 0.717) is 28.7 Å². The van der Waals surface area contributed by atoms with Crippen molar-refractivity contribution in [2.45, 2.75) is 85.5 Å². The fraction of sp³-hybridized carbons (Fsp3) is 0.339. The van der Waals surface area contributed by atoms with Crippen LogP contribution in [0.3, 0.4) is 0 Å². The van der Waals surface area contributed by atoms with Gasteiger partial charge in [0, 0.05) is 65.7 Å². The van der Waals surface area contributed by atoms with Gasteiger partial charge in [-0.3, -0.25) is 9.59 Å². The van der Waals surface area contributed by atoms with E-state index in [1.807, 2.05) is 149 Å². The van der Waals surface area contributed by atoms with E-state index in [2.05, 4.69) is 55.3 Å². The Bertz CT molecular complexity index is 2900. The predicted octanol–water partition coefficient (Wildman–Crippen LogP) is 12.0. The Balaban J connectivity index is 0.000000343. The Hall–Kier alpha value is -6.99. The molecule has 0 amide bonds. The number of rotatable bonds is 16. The average Bonchev–Trinajstić information content (AvgIpc) is 3.86. The first-order valence-corrected chi connectivity index (χ1v) is 23.4. The Morgan fingerprint density at radius 1 is 0.739 bits per heavy atom. The van der Waals surface area contributed by atoms with E-state index in [9.17, 15) is 9.59 Å². The molecule has 2 aromatic heterocycles. The van der Waals surface area contributed by atoms with Crippen molar-refractivity contribution in [2.75, 3.05) is 37.5 Å². The number of benzene rings is 5. The number of carbonyl (C=O) groups is 2. The molecule has 5 aromatic carbocycles. The lowest BCUT2D eigenvalue weighted by Crippen LogP contribution is -2.38. The fourth-order valence-electron chi connectivity index (χ4n) is 7.85. The lowest BCUT2D eigenvalue weighted by atomic mass is 9.87. The van der Waals surface area contributed by atoms with Crippen LogP contribution in [0.5, 0.6) is 23.0 Å². The zero-order valence-corrected chi connectivity index (χ0v) is 42.7. The lowest BCUT2D eigenvalue weighted by molar-refractivity contribution is -0.152. The van der Waals surface area contributed by atoms with Crippen LogP contribution in [0.15, 0.2) is 116 Å². The topological polar surface area (TPSA) is 126 Å². The SMILES string of the molecule is COc1ccc(COc2cc(OCc3ccc(OC)cc3)c(C(C)C)cc2C(=S)N(CC(=O)OC(C)(C)C)c2ccc3c(ccn3C)c2)cc1.Cn1cc(C(C)(C)C)c2cc(NCC(=O)O)ccc21. The Labute approximate surface area is 411 Å². The summed E-state index contributed by atoms with van der Waals surface area (Å²) in [5, 5.41) is 13.8. The van der Waals surface area contributed by atoms with E-state index in [1.165, 1.54) is 10.9 Å². The van der Waals surface area contributed by atoms with E-state index in [4.69, 9.17) is 41.0 Å². The molecule has 12 nitrogen and oxygen atoms in total. The van der Waals surface area contributed by atoms with Crippen LogP contribution in [-0.4, -0.2) is 64.1 Å². The molecule has 0 saturated heterocycles. The van der Waals surface area contributed by atoms with Gasteiger partial charge in [-0.25, -0.2) is 0 Å². The van der Waals surface area contributed by atoms with E-state index in [-0.39, 0.29) is 31.0 Å². The van der Waals surface area contributed by atoms with Crippen molar-refractivity contribution < 1.29 is 38.4 Å². The Morgan fingerprint density at radius 2 is 1.33 bits per heavy atom. The third kappa shape index (κ3) is 13.4. The van der Waals surface area contributed by atoms with Gasteiger partial charge in [0.15, 0.2) is 0 Å². The average molecular weight is 955 g/mol. The lowest BCUT2D eigenvalue weighted by Gasteiger charge is -2.29. The number of nitrogens with one attached hydrogen (secondary N) is 1. The summed E-state index contributed by atoms with van der Waals surface area (Å²) in [4.78, 5) is 26.2. The van der Waals surface area contributed by atoms with Gasteiger partial charge in [0.1, 0.15) is 59.9 Å². The fourth-order valence-corrected chi connectivity index (χ4v) is 8.18. The second-order valence-corrected chi connectivity index (χ2v) is 19.7. The van der Waals surface area contributed by atoms with Gasteiger partial charge in [0.05, 0.1) is 19.8 Å². The highest BCUT2D eigenvalue weighted by Gasteiger charge is 2.27. The highest BCUT2D eigenvalue weighted by molar-refractivity contribution is 7.81. The highest BCUT2D eigenvalue weighted by atomic mass is 32.1. The van der Waals surface area contributed by atoms with Crippen LogP contribution in [0.2, 0.25) is 0 Å². The zero-order valence-electron chi connectivity index (χ0n) is 41.9. The number of esters is 1. The summed E-state index contributed by atoms with van der Waals surface area (Å²) >= 11 is 6.28. The number of aryl methyl sites for hydroxylation is 2. The summed E-state index contributed by atoms with van der Waals surface area (Å²) in [7, 11) is 7.32. The molecule has 0 saturated carbocycles. The number of carboxylic acids is 1. The standard InChI is InChI=1S/C41H46N2O6S.C15H20N2O2/c1-27(2)34-22-35(40(50)43(24-39(44)49-41(3,4)5)31-13-18-36-30(21-31)19-20-42(36)6)38(48-26-29-11-16-33(46-8)17-12-29)23-37(34)47-25-28-9-14-32(45-7)15-10-28;1-15(2,3)12-9-17(4)13-6-5-10(7-11(12)13)16-8-14(18)19/h9-23,27H,24-26H2,1-8H3;5-7,9,16H,8H2,1-4H3,(H,18,19). The molecular formula is C56H66N4O8S. The van der Waals surface area contributed by atoms with Gasteiger partial charge < -0.3 is 48.1 Å². The number of anilines is 2. The number of nitrogens with zero attached hydrogens (tertiary/aromatic N) is 3. The number of hydrogen-bond donors (Lipinski definition) is 2. The van der Waals surface area contributed by atoms with Crippen molar-refractivity contribution in [1.82, 2.24) is 9.13 Å². The number of hydrogen-bond acceptors (Lipinski definition) is 9. The summed E-state index contributed by atoms with van der Waals surface area (Å²) < 4.78 is 33.6. The molecule has 0 fully saturated rings. The number of carboxylic acid groups (broad SMARTS) is 1. The molecule has 2 heterocycles. The first-order valence-electron chi connectivity index (χ1n) is 23.0. The number of fused-ring (bicyclic) bond motifs is 2. The molecule has 2 N–H and O–H groups in total. The van der Waals surface area contributed by atoms with Crippen LogP contribution >= 0.6 is 12.2 Å². The molecule has 0 radical (unpaired) electrons. The predicted molar refractivity (Wildman–Crippen MR) is 281 cm³/mol. The Kier molecular flexibility index (Phi) is 16.4. The van der Waals surface area contributed by atoms with Crippen molar-refractivity contribution in [3.63, 3.8) is 0 Å². The molecule has 0 spiro atoms. The molecule has 0 unspecified atom stereocenters. The summed E-state index contributed by atoms with van der Waals surface area (Å²) in [6.45, 7) is 16.8. The van der Waals surface area contributed by atoms with Crippen molar-refractivity contribution in [1.29, 1.82) is 0 Å². The molecule has 0 atom stereocenters. The summed E-state index contributed by atoms with van der Waals surface area (Å²) in [5.74, 6) is 1.62. The normalized spacial score (nSPS) is 11.5. The third-order valence-electron chi connectivity index (χ3n) is 11.4. The number of methoxy groups -OCH3 is 2. The molecule has 69 heavy (non-hydrogen) atoms. The monoisotopic (exact) mass is 954 g/mol. The van der Waals surface area contributed by atoms with E-state index in [0.717, 1.165) is 56.0 Å². The second-order valence-electron chi connectivity index (χ2n) is 19.3. The van der Waals surface area contributed by atoms with Gasteiger partial charge in [0.25, 0.3) is 0 Å². The summed E-state index contributed by atoms with van der Waals surface area (Å²) in [6.07, 6.45) is 4.15. The minimum atomic E-state index is -0.857. The zero-order chi connectivity index (χ0) is 50.2. The first-order chi connectivity index (χ1) is 32.6. The van der Waals surface area contributed by atoms with Crippen LogP contribution in [0.1, 0.15) is 89.1 Å². The van der Waals surface area contributed by atoms with Gasteiger partial charge >= 0.3 is 11.9 Å². The number of ether oxygens (including phenoxy) is 5. The van der Waals surface area contributed by atoms with Gasteiger partial charge in [-0.05, 0) is 127 Å². The molecule has 7 aromatic rings. The number of thiocarbonyl (C=S) groups is 1. The molecule has 0 bridgehead atoms. The van der Waals surface area contributed by atoms with Crippen LogP contribution in [0.25, 0.3) is 21.8 Å². The van der Waals surface area contributed by atoms with E-state index < -0.39 is 17.5 Å². The number of aliphatic carboxylic acids is 1. The molecule has 13 heteroatoms. The van der Waals surface area contributed by atoms with Gasteiger partial charge in [-0.1, -0.05) is 71.1 Å². The minimum absolute atomic E-state index is 0.0604. The molecule has 0 aliphatic carbocycles. The molecule has 7 rings (SSSR count). The van der Waals surface area contributed by atoms with Crippen LogP contribution in [-0.2, 0) is 47.1 Å². The number of aromatic nitrogens is 2. The van der Waals surface area contributed by atoms with Crippen LogP contribution < -0.4 is 29.2 Å². The van der Waals surface area contributed by atoms with Crippen molar-refractivity contribution in [3.8, 4) is 23.0 Å². The molecule has 0 aliphatic rings. The summed E-state index contributed by atoms with van der Waals surface area (Å²) in [6, 6.07) is 33.5. The maximum atomic E-state index is 13.4. The smallest absolute Gasteiger partial charge is 0.326 e. The van der Waals surface area contributed by atoms with E-state index >= 15 is 0 Å². The van der Waals surface area contributed by atoms with Crippen molar-refractivity contribution in [2.24, 2.45) is 14.1 Å². The Morgan fingerprint density at radius 3 is 1.88 bits per heavy atom. The van der Waals surface area contributed by atoms with Crippen molar-refractivity contribution >= 4 is 62.3 Å². The third-order valence-corrected chi connectivity index (χ3v) is 11.9. The first kappa shape index (κ1) is 51.4. The van der Waals surface area contributed by atoms with Gasteiger partial charge in [-0.2, -0.15) is 0 Å². The maximum absolute atomic E-state index is 13.4. The molecule has 0 aliphatic heterocycles. The summed E-state index contributed by atoms with van der Waals surface area (Å²) in [5.41, 5.74) is 8.10. The highest BCUT2D eigenvalue weighted by Crippen LogP contribution is 2.38. The molecular weight excluding hydrogens is 889 g/mol. The van der Waals surface area contributed by atoms with Gasteiger partial charge in [0.2, 0.25) is 0 Å². The molecule has 364 valence electrons. The quantitative estimate of drug-likeness (QED) is 0.0710. The van der Waals surface area contributed by atoms with Crippen LogP contribution in [0, 0.1) is 0 Å². The largest absolute Gasteiger partial charge is 0.497 e. The maximum Gasteiger partial charge on any atom is 0.326 e. The van der Waals surface area contributed by atoms with Gasteiger partial charge in [-0.15, -0.1) is 0 Å². The van der Waals surface area contributed by atoms with Crippen LogP contribution in [0.4, 0.5) is 11.4 Å². The number of carbonyl (C=O) groups excluding carboxylic acids is 1. The minimum Gasteiger partial charge on any atom is -0.497 e. The second kappa shape index (κ2) is 22.0. The van der Waals surface area contributed by atoms with E-state index in [1.54, 1.807) is 14.2 Å².